The van der Waals surface area contributed by atoms with Gasteiger partial charge in [0.15, 0.2) is 5.52 Å². The summed E-state index contributed by atoms with van der Waals surface area (Å²) >= 11 is 14.8. The zero-order valence-corrected chi connectivity index (χ0v) is 17.5. The van der Waals surface area contributed by atoms with Crippen molar-refractivity contribution in [3.8, 4) is 10.6 Å². The Balaban J connectivity index is 1.70. The average Bonchev–Trinajstić information content (AvgIpc) is 3.30. The molecule has 0 aliphatic rings. The molecule has 0 unspecified atom stereocenters. The van der Waals surface area contributed by atoms with Crippen molar-refractivity contribution in [2.45, 2.75) is 13.5 Å². The van der Waals surface area contributed by atoms with E-state index in [1.54, 1.807) is 18.2 Å². The summed E-state index contributed by atoms with van der Waals surface area (Å²) in [5.41, 5.74) is 1.06. The normalized spacial score (nSPS) is 11.1. The van der Waals surface area contributed by atoms with E-state index >= 15 is 0 Å². The van der Waals surface area contributed by atoms with Crippen molar-refractivity contribution in [3.05, 3.63) is 61.1 Å². The third kappa shape index (κ3) is 3.68. The van der Waals surface area contributed by atoms with Crippen LogP contribution in [0, 0.1) is 6.92 Å². The smallest absolute Gasteiger partial charge is 0.294 e. The molecular weight excluding hydrogens is 439 g/mol. The van der Waals surface area contributed by atoms with Gasteiger partial charge in [-0.1, -0.05) is 29.3 Å². The Morgan fingerprint density at radius 2 is 2.07 bits per heavy atom. The number of nitrogens with zero attached hydrogens (tertiary/aromatic N) is 3. The Morgan fingerprint density at radius 1 is 1.25 bits per heavy atom. The van der Waals surface area contributed by atoms with Crippen LogP contribution in [0.4, 0.5) is 5.69 Å². The van der Waals surface area contributed by atoms with E-state index in [1.165, 1.54) is 22.7 Å². The molecule has 0 bridgehead atoms. The summed E-state index contributed by atoms with van der Waals surface area (Å²) in [4.78, 5) is 30.5. The summed E-state index contributed by atoms with van der Waals surface area (Å²) in [6, 6.07) is 8.59. The van der Waals surface area contributed by atoms with Crippen LogP contribution in [0.25, 0.3) is 20.8 Å². The van der Waals surface area contributed by atoms with E-state index < -0.39 is 11.5 Å². The molecule has 0 spiro atoms. The van der Waals surface area contributed by atoms with Crippen LogP contribution in [-0.4, -0.2) is 20.7 Å². The van der Waals surface area contributed by atoms with Gasteiger partial charge in [-0.3, -0.25) is 9.59 Å². The molecule has 6 nitrogen and oxygen atoms in total. The van der Waals surface area contributed by atoms with E-state index in [0.29, 0.717) is 26.9 Å². The van der Waals surface area contributed by atoms with Crippen LogP contribution in [0.1, 0.15) is 5.01 Å². The molecule has 1 aromatic carbocycles. The summed E-state index contributed by atoms with van der Waals surface area (Å²) in [5.74, 6) is -0.406. The third-order valence-corrected chi connectivity index (χ3v) is 6.45. The maximum Gasteiger partial charge on any atom is 0.294 e. The van der Waals surface area contributed by atoms with Gasteiger partial charge in [-0.15, -0.1) is 22.7 Å². The molecule has 1 N–H and O–H groups in total. The number of carbonyl (C=O) groups is 1. The second-order valence-corrected chi connectivity index (χ2v) is 8.84. The lowest BCUT2D eigenvalue weighted by molar-refractivity contribution is -0.117. The Morgan fingerprint density at radius 3 is 2.79 bits per heavy atom. The number of aryl methyl sites for hydroxylation is 1. The van der Waals surface area contributed by atoms with Crippen molar-refractivity contribution in [1.29, 1.82) is 0 Å². The number of amides is 1. The van der Waals surface area contributed by atoms with E-state index in [1.807, 2.05) is 24.4 Å². The van der Waals surface area contributed by atoms with Crippen molar-refractivity contribution >= 4 is 67.7 Å². The van der Waals surface area contributed by atoms with E-state index in [9.17, 15) is 9.59 Å². The van der Waals surface area contributed by atoms with Crippen LogP contribution < -0.4 is 10.9 Å². The molecule has 10 heteroatoms. The summed E-state index contributed by atoms with van der Waals surface area (Å²) < 4.78 is 1.87. The van der Waals surface area contributed by atoms with Crippen LogP contribution in [0.2, 0.25) is 10.0 Å². The minimum Gasteiger partial charge on any atom is -0.324 e. The van der Waals surface area contributed by atoms with Gasteiger partial charge in [0.1, 0.15) is 12.2 Å². The maximum atomic E-state index is 12.8. The number of rotatable bonds is 4. The lowest BCUT2D eigenvalue weighted by atomic mass is 10.3. The Labute approximate surface area is 177 Å². The summed E-state index contributed by atoms with van der Waals surface area (Å²) in [6.45, 7) is 1.59. The first-order valence-electron chi connectivity index (χ1n) is 8.09. The van der Waals surface area contributed by atoms with Crippen LogP contribution in [0.3, 0.4) is 0 Å². The van der Waals surface area contributed by atoms with E-state index in [4.69, 9.17) is 23.2 Å². The fourth-order valence-corrected chi connectivity index (χ4v) is 4.65. The minimum absolute atomic E-state index is 0.246. The average molecular weight is 451 g/mol. The molecule has 0 aliphatic carbocycles. The first kappa shape index (κ1) is 19.1. The second-order valence-electron chi connectivity index (χ2n) is 5.88. The van der Waals surface area contributed by atoms with E-state index in [2.05, 4.69) is 15.4 Å². The number of fused-ring (bicyclic) bond motifs is 1. The van der Waals surface area contributed by atoms with Crippen molar-refractivity contribution in [2.24, 2.45) is 0 Å². The van der Waals surface area contributed by atoms with Gasteiger partial charge >= 0.3 is 0 Å². The molecule has 0 saturated carbocycles. The number of thiophene rings is 1. The van der Waals surface area contributed by atoms with E-state index in [0.717, 1.165) is 19.3 Å². The largest absolute Gasteiger partial charge is 0.324 e. The third-order valence-electron chi connectivity index (χ3n) is 3.86. The SMILES string of the molecule is Cc1nc2c(=O)n(CC(=O)Nc3ccc(Cl)c(Cl)c3)nc(-c3cccs3)c2s1. The molecule has 0 atom stereocenters. The molecule has 3 heterocycles. The molecule has 142 valence electrons. The fraction of sp³-hybridized carbons (Fsp3) is 0.111. The number of thiazole rings is 1. The van der Waals surface area contributed by atoms with Gasteiger partial charge in [0.05, 0.1) is 24.6 Å². The van der Waals surface area contributed by atoms with Crippen molar-refractivity contribution in [2.75, 3.05) is 5.32 Å². The van der Waals surface area contributed by atoms with Gasteiger partial charge < -0.3 is 5.32 Å². The number of carbonyl (C=O) groups excluding carboxylic acids is 1. The molecule has 3 aromatic heterocycles. The lowest BCUT2D eigenvalue weighted by Crippen LogP contribution is -2.30. The molecule has 0 saturated heterocycles. The number of benzene rings is 1. The summed E-state index contributed by atoms with van der Waals surface area (Å²) in [5, 5.41) is 10.6. The number of aromatic nitrogens is 3. The molecule has 4 aromatic rings. The monoisotopic (exact) mass is 450 g/mol. The topological polar surface area (TPSA) is 76.9 Å². The quantitative estimate of drug-likeness (QED) is 0.482. The zero-order valence-electron chi connectivity index (χ0n) is 14.4. The molecule has 1 amide bonds. The molecule has 0 fully saturated rings. The van der Waals surface area contributed by atoms with Crippen LogP contribution in [-0.2, 0) is 11.3 Å². The predicted molar refractivity (Wildman–Crippen MR) is 115 cm³/mol. The van der Waals surface area contributed by atoms with Gasteiger partial charge in [-0.2, -0.15) is 5.10 Å². The lowest BCUT2D eigenvalue weighted by Gasteiger charge is -2.09. The fourth-order valence-electron chi connectivity index (χ4n) is 2.66. The first-order valence-corrected chi connectivity index (χ1v) is 10.5. The molecule has 28 heavy (non-hydrogen) atoms. The molecular formula is C18H12Cl2N4O2S2. The van der Waals surface area contributed by atoms with Crippen LogP contribution in [0.5, 0.6) is 0 Å². The van der Waals surface area contributed by atoms with Crippen molar-refractivity contribution in [3.63, 3.8) is 0 Å². The standard InChI is InChI=1S/C18H12Cl2N4O2S2/c1-9-21-16-17(28-9)15(13-3-2-6-27-13)23-24(18(16)26)8-14(25)22-10-4-5-11(19)12(20)7-10/h2-7H,8H2,1H3,(H,22,25). The van der Waals surface area contributed by atoms with E-state index in [-0.39, 0.29) is 6.54 Å². The number of hydrogen-bond donors (Lipinski definition) is 1. The minimum atomic E-state index is -0.406. The number of halogens is 2. The van der Waals surface area contributed by atoms with Gasteiger partial charge in [-0.05, 0) is 36.6 Å². The Kier molecular flexibility index (Phi) is 5.20. The number of anilines is 1. The second kappa shape index (κ2) is 7.63. The highest BCUT2D eigenvalue weighted by atomic mass is 35.5. The first-order chi connectivity index (χ1) is 13.4. The van der Waals surface area contributed by atoms with Crippen molar-refractivity contribution < 1.29 is 4.79 Å². The van der Waals surface area contributed by atoms with Crippen molar-refractivity contribution in [1.82, 2.24) is 14.8 Å². The Bertz CT molecular complexity index is 1250. The van der Waals surface area contributed by atoms with Crippen LogP contribution in [0.15, 0.2) is 40.5 Å². The van der Waals surface area contributed by atoms with Gasteiger partial charge in [0.2, 0.25) is 5.91 Å². The number of nitrogens with one attached hydrogen (secondary N) is 1. The van der Waals surface area contributed by atoms with Crippen LogP contribution >= 0.6 is 45.9 Å². The highest BCUT2D eigenvalue weighted by Crippen LogP contribution is 2.32. The summed E-state index contributed by atoms with van der Waals surface area (Å²) in [7, 11) is 0. The Hall–Kier alpha value is -2.26. The van der Waals surface area contributed by atoms with Gasteiger partial charge in [-0.25, -0.2) is 9.67 Å². The molecule has 0 radical (unpaired) electrons. The maximum absolute atomic E-state index is 12.8. The predicted octanol–water partition coefficient (Wildman–Crippen LogP) is 4.84. The highest BCUT2D eigenvalue weighted by Gasteiger charge is 2.18. The zero-order chi connectivity index (χ0) is 19.8. The highest BCUT2D eigenvalue weighted by molar-refractivity contribution is 7.20. The van der Waals surface area contributed by atoms with Gasteiger partial charge in [0, 0.05) is 5.69 Å². The van der Waals surface area contributed by atoms with Gasteiger partial charge in [0.25, 0.3) is 5.56 Å². The molecule has 4 rings (SSSR count). The summed E-state index contributed by atoms with van der Waals surface area (Å²) in [6.07, 6.45) is 0. The molecule has 0 aliphatic heterocycles. The number of hydrogen-bond acceptors (Lipinski definition) is 6.